The largest absolute Gasteiger partial charge is 0.495 e. The zero-order valence-corrected chi connectivity index (χ0v) is 7.21. The van der Waals surface area contributed by atoms with Gasteiger partial charge in [-0.2, -0.15) is 4.98 Å². The summed E-state index contributed by atoms with van der Waals surface area (Å²) in [5.41, 5.74) is -0.0856. The monoisotopic (exact) mass is 198 g/mol. The van der Waals surface area contributed by atoms with E-state index in [1.165, 1.54) is 7.11 Å². The number of aromatic carboxylic acids is 1. The molecule has 1 rings (SSSR count). The van der Waals surface area contributed by atoms with E-state index >= 15 is 0 Å². The number of nitrogens with zero attached hydrogens (tertiary/aromatic N) is 2. The zero-order valence-electron chi connectivity index (χ0n) is 7.21. The van der Waals surface area contributed by atoms with Gasteiger partial charge in [0, 0.05) is 6.20 Å². The van der Waals surface area contributed by atoms with Crippen LogP contribution in [0, 0.1) is 0 Å². The minimum absolute atomic E-state index is 0.0856. The molecule has 3 N–H and O–H groups in total. The fourth-order valence-corrected chi connectivity index (χ4v) is 0.819. The normalized spacial score (nSPS) is 9.64. The van der Waals surface area contributed by atoms with Crippen molar-refractivity contribution >= 4 is 18.6 Å². The molecule has 0 aliphatic rings. The number of hydrogen-bond acceptors (Lipinski definition) is 6. The Balaban J connectivity index is 3.18. The molecule has 74 valence electrons. The fourth-order valence-electron chi connectivity index (χ4n) is 0.819. The van der Waals surface area contributed by atoms with E-state index in [2.05, 4.69) is 14.7 Å². The number of aromatic nitrogens is 2. The Morgan fingerprint density at radius 2 is 2.21 bits per heavy atom. The smallest absolute Gasteiger partial charge is 0.481 e. The maximum Gasteiger partial charge on any atom is 0.495 e. The van der Waals surface area contributed by atoms with Crippen molar-refractivity contribution in [1.82, 2.24) is 9.97 Å². The SMILES string of the molecule is COc1nc(C(=O)O)ncc1B(O)O. The van der Waals surface area contributed by atoms with Gasteiger partial charge in [0.1, 0.15) is 0 Å². The van der Waals surface area contributed by atoms with Gasteiger partial charge < -0.3 is 19.9 Å². The number of rotatable bonds is 3. The second-order valence-corrected chi connectivity index (χ2v) is 2.34. The molecule has 0 amide bonds. The number of ether oxygens (including phenoxy) is 1. The van der Waals surface area contributed by atoms with Crippen molar-refractivity contribution in [2.24, 2.45) is 0 Å². The molecule has 0 radical (unpaired) electrons. The lowest BCUT2D eigenvalue weighted by molar-refractivity contribution is 0.0682. The molecule has 0 aromatic carbocycles. The molecule has 0 spiro atoms. The van der Waals surface area contributed by atoms with Crippen molar-refractivity contribution in [2.75, 3.05) is 7.11 Å². The average Bonchev–Trinajstić information content (AvgIpc) is 2.16. The Bertz CT molecular complexity index is 356. The van der Waals surface area contributed by atoms with Crippen LogP contribution in [0.3, 0.4) is 0 Å². The molecule has 0 aliphatic carbocycles. The van der Waals surface area contributed by atoms with E-state index in [-0.39, 0.29) is 11.3 Å². The van der Waals surface area contributed by atoms with Crippen LogP contribution in [0.1, 0.15) is 10.6 Å². The van der Waals surface area contributed by atoms with Crippen LogP contribution in [-0.2, 0) is 0 Å². The van der Waals surface area contributed by atoms with Crippen LogP contribution in [-0.4, -0.2) is 45.3 Å². The van der Waals surface area contributed by atoms with Crippen molar-refractivity contribution in [2.45, 2.75) is 0 Å². The lowest BCUT2D eigenvalue weighted by Gasteiger charge is -2.05. The Morgan fingerprint density at radius 1 is 1.57 bits per heavy atom. The molecule has 1 aromatic rings. The summed E-state index contributed by atoms with van der Waals surface area (Å²) in [5.74, 6) is -1.96. The summed E-state index contributed by atoms with van der Waals surface area (Å²) in [7, 11) is -0.562. The molecule has 0 fully saturated rings. The number of carboxylic acid groups (broad SMARTS) is 1. The molecule has 8 heteroatoms. The first-order chi connectivity index (χ1) is 6.56. The minimum atomic E-state index is -1.80. The third-order valence-corrected chi connectivity index (χ3v) is 1.44. The highest BCUT2D eigenvalue weighted by Crippen LogP contribution is 2.02. The highest BCUT2D eigenvalue weighted by atomic mass is 16.5. The Labute approximate surface area is 79.2 Å². The molecule has 0 saturated heterocycles. The van der Waals surface area contributed by atoms with Crippen LogP contribution in [0.5, 0.6) is 5.88 Å². The molecule has 7 nitrogen and oxygen atoms in total. The molecular weight excluding hydrogens is 191 g/mol. The summed E-state index contributed by atoms with van der Waals surface area (Å²) >= 11 is 0. The summed E-state index contributed by atoms with van der Waals surface area (Å²) in [5, 5.41) is 26.2. The van der Waals surface area contributed by atoms with Gasteiger partial charge in [-0.05, 0) is 0 Å². The number of hydrogen-bond donors (Lipinski definition) is 3. The summed E-state index contributed by atoms with van der Waals surface area (Å²) in [6.07, 6.45) is 0.986. The van der Waals surface area contributed by atoms with Crippen LogP contribution < -0.4 is 10.2 Å². The van der Waals surface area contributed by atoms with Gasteiger partial charge in [0.05, 0.1) is 12.6 Å². The van der Waals surface area contributed by atoms with Crippen molar-refractivity contribution in [1.29, 1.82) is 0 Å². The Morgan fingerprint density at radius 3 is 2.64 bits per heavy atom. The minimum Gasteiger partial charge on any atom is -0.481 e. The predicted octanol–water partition coefficient (Wildman–Crippen LogP) is -2.14. The molecular formula is C6H7BN2O5. The van der Waals surface area contributed by atoms with Crippen LogP contribution in [0.4, 0.5) is 0 Å². The molecule has 1 aromatic heterocycles. The quantitative estimate of drug-likeness (QED) is 0.475. The van der Waals surface area contributed by atoms with Gasteiger partial charge in [-0.15, -0.1) is 0 Å². The van der Waals surface area contributed by atoms with Gasteiger partial charge in [-0.3, -0.25) is 0 Å². The van der Waals surface area contributed by atoms with E-state index < -0.39 is 18.9 Å². The van der Waals surface area contributed by atoms with Gasteiger partial charge in [0.25, 0.3) is 0 Å². The lowest BCUT2D eigenvalue weighted by atomic mass is 9.82. The summed E-state index contributed by atoms with van der Waals surface area (Å²) < 4.78 is 4.66. The molecule has 0 bridgehead atoms. The maximum atomic E-state index is 10.4. The highest BCUT2D eigenvalue weighted by molar-refractivity contribution is 6.59. The van der Waals surface area contributed by atoms with Crippen LogP contribution >= 0.6 is 0 Å². The topological polar surface area (TPSA) is 113 Å². The Kier molecular flexibility index (Phi) is 3.00. The molecule has 0 unspecified atom stereocenters. The van der Waals surface area contributed by atoms with Gasteiger partial charge in [-0.1, -0.05) is 0 Å². The predicted molar refractivity (Wildman–Crippen MR) is 45.4 cm³/mol. The summed E-state index contributed by atoms with van der Waals surface area (Å²) in [4.78, 5) is 17.3. The van der Waals surface area contributed by atoms with Crippen molar-refractivity contribution in [3.05, 3.63) is 12.0 Å². The van der Waals surface area contributed by atoms with Gasteiger partial charge in [-0.25, -0.2) is 9.78 Å². The van der Waals surface area contributed by atoms with Gasteiger partial charge >= 0.3 is 13.1 Å². The fraction of sp³-hybridized carbons (Fsp3) is 0.167. The van der Waals surface area contributed by atoms with E-state index in [1.54, 1.807) is 0 Å². The summed E-state index contributed by atoms with van der Waals surface area (Å²) in [6.45, 7) is 0. The van der Waals surface area contributed by atoms with E-state index in [4.69, 9.17) is 15.2 Å². The first-order valence-corrected chi connectivity index (χ1v) is 3.56. The van der Waals surface area contributed by atoms with Gasteiger partial charge in [0.2, 0.25) is 11.7 Å². The average molecular weight is 198 g/mol. The molecule has 14 heavy (non-hydrogen) atoms. The highest BCUT2D eigenvalue weighted by Gasteiger charge is 2.21. The number of carboxylic acids is 1. The maximum absolute atomic E-state index is 10.4. The molecule has 0 atom stereocenters. The van der Waals surface area contributed by atoms with E-state index in [1.807, 2.05) is 0 Å². The lowest BCUT2D eigenvalue weighted by Crippen LogP contribution is -2.33. The van der Waals surface area contributed by atoms with E-state index in [0.717, 1.165) is 6.20 Å². The molecule has 0 saturated carbocycles. The number of methoxy groups -OCH3 is 1. The first kappa shape index (κ1) is 10.4. The Hall–Kier alpha value is -1.67. The van der Waals surface area contributed by atoms with Crippen molar-refractivity contribution in [3.63, 3.8) is 0 Å². The molecule has 0 aliphatic heterocycles. The zero-order chi connectivity index (χ0) is 10.7. The first-order valence-electron chi connectivity index (χ1n) is 3.56. The number of carbonyl (C=O) groups is 1. The third kappa shape index (κ3) is 1.98. The second-order valence-electron chi connectivity index (χ2n) is 2.34. The second kappa shape index (κ2) is 4.03. The third-order valence-electron chi connectivity index (χ3n) is 1.44. The van der Waals surface area contributed by atoms with Crippen LogP contribution in [0.25, 0.3) is 0 Å². The van der Waals surface area contributed by atoms with E-state index in [9.17, 15) is 4.79 Å². The van der Waals surface area contributed by atoms with Crippen LogP contribution in [0.2, 0.25) is 0 Å². The van der Waals surface area contributed by atoms with Crippen molar-refractivity contribution in [3.8, 4) is 5.88 Å². The standard InChI is InChI=1S/C6H7BN2O5/c1-14-5-3(7(12)13)2-8-4(9-5)6(10)11/h2,12-13H,1H3,(H,10,11). The van der Waals surface area contributed by atoms with E-state index in [0.29, 0.717) is 0 Å². The van der Waals surface area contributed by atoms with Crippen LogP contribution in [0.15, 0.2) is 6.20 Å². The molecule has 1 heterocycles. The summed E-state index contributed by atoms with van der Waals surface area (Å²) in [6, 6.07) is 0. The van der Waals surface area contributed by atoms with Gasteiger partial charge in [0.15, 0.2) is 0 Å². The van der Waals surface area contributed by atoms with Crippen molar-refractivity contribution < 1.29 is 24.7 Å².